The zero-order valence-electron chi connectivity index (χ0n) is 22.2. The number of carbonyl (C=O) groups is 1. The molecule has 1 heterocycles. The van der Waals surface area contributed by atoms with Gasteiger partial charge >= 0.3 is 0 Å². The maximum Gasteiger partial charge on any atom is 0.272 e. The van der Waals surface area contributed by atoms with Gasteiger partial charge in [-0.3, -0.25) is 9.48 Å². The molecule has 8 rings (SSSR count). The summed E-state index contributed by atoms with van der Waals surface area (Å²) in [6.07, 6.45) is 19.5. The number of rotatable bonds is 5. The van der Waals surface area contributed by atoms with E-state index in [-0.39, 0.29) is 11.4 Å². The molecule has 4 bridgehead atoms. The molecule has 6 aliphatic rings. The standard InChI is InChI=1S/C32H42ClN3O/c33-26-12-10-21(11-13-26)17-25-6-4-5-9-28-29(35-36(30(25)28)27-7-2-1-3-8-27)31(37)34-32-18-22-14-23(19-32)16-24(15-22)20-32/h10-13,22-25,27H,1-9,14-20H2,(H,34,37). The van der Waals surface area contributed by atoms with E-state index >= 15 is 0 Å². The summed E-state index contributed by atoms with van der Waals surface area (Å²) < 4.78 is 2.37. The van der Waals surface area contributed by atoms with Crippen molar-refractivity contribution >= 4 is 17.5 Å². The average Bonchev–Trinajstić information content (AvgIpc) is 3.14. The second kappa shape index (κ2) is 9.74. The van der Waals surface area contributed by atoms with Crippen molar-refractivity contribution in [3.8, 4) is 0 Å². The smallest absolute Gasteiger partial charge is 0.272 e. The molecule has 0 radical (unpaired) electrons. The summed E-state index contributed by atoms with van der Waals surface area (Å²) in [5.41, 5.74) is 4.78. The first-order valence-corrected chi connectivity index (χ1v) is 15.6. The van der Waals surface area contributed by atoms with Crippen molar-refractivity contribution in [3.63, 3.8) is 0 Å². The third-order valence-electron chi connectivity index (χ3n) is 10.6. The van der Waals surface area contributed by atoms with Crippen molar-refractivity contribution in [2.75, 3.05) is 0 Å². The van der Waals surface area contributed by atoms with Crippen LogP contribution in [0.4, 0.5) is 0 Å². The van der Waals surface area contributed by atoms with E-state index in [2.05, 4.69) is 22.1 Å². The molecule has 6 aliphatic carbocycles. The number of nitrogens with one attached hydrogen (secondary N) is 1. The van der Waals surface area contributed by atoms with Crippen molar-refractivity contribution in [1.29, 1.82) is 0 Å². The molecule has 4 nitrogen and oxygen atoms in total. The number of hydrogen-bond donors (Lipinski definition) is 1. The number of aromatic nitrogens is 2. The molecular formula is C32H42ClN3O. The first-order valence-electron chi connectivity index (χ1n) is 15.2. The van der Waals surface area contributed by atoms with Crippen LogP contribution in [0, 0.1) is 17.8 Å². The molecule has 37 heavy (non-hydrogen) atoms. The van der Waals surface area contributed by atoms with Crippen LogP contribution in [0.1, 0.15) is 129 Å². The molecule has 0 saturated heterocycles. The Labute approximate surface area is 226 Å². The minimum absolute atomic E-state index is 0.0285. The third kappa shape index (κ3) is 4.66. The van der Waals surface area contributed by atoms with Gasteiger partial charge in [-0.2, -0.15) is 5.10 Å². The molecule has 1 unspecified atom stereocenters. The van der Waals surface area contributed by atoms with Crippen LogP contribution in [0.15, 0.2) is 24.3 Å². The normalized spacial score (nSPS) is 33.2. The summed E-state index contributed by atoms with van der Waals surface area (Å²) in [6, 6.07) is 8.81. The lowest BCUT2D eigenvalue weighted by Gasteiger charge is -2.56. The van der Waals surface area contributed by atoms with Crippen LogP contribution >= 0.6 is 11.6 Å². The van der Waals surface area contributed by atoms with Crippen molar-refractivity contribution in [2.24, 2.45) is 17.8 Å². The first kappa shape index (κ1) is 24.2. The average molecular weight is 520 g/mol. The lowest BCUT2D eigenvalue weighted by molar-refractivity contribution is -0.0168. The number of hydrogen-bond acceptors (Lipinski definition) is 2. The third-order valence-corrected chi connectivity index (χ3v) is 10.9. The number of nitrogens with zero attached hydrogens (tertiary/aromatic N) is 2. The molecule has 1 N–H and O–H groups in total. The van der Waals surface area contributed by atoms with Crippen LogP contribution in [0.5, 0.6) is 0 Å². The predicted molar refractivity (Wildman–Crippen MR) is 148 cm³/mol. The van der Waals surface area contributed by atoms with Crippen LogP contribution in [-0.2, 0) is 12.8 Å². The molecule has 1 aromatic heterocycles. The quantitative estimate of drug-likeness (QED) is 0.410. The van der Waals surface area contributed by atoms with E-state index in [4.69, 9.17) is 16.7 Å². The molecule has 5 heteroatoms. The highest BCUT2D eigenvalue weighted by atomic mass is 35.5. The van der Waals surface area contributed by atoms with E-state index in [1.807, 2.05) is 12.1 Å². The van der Waals surface area contributed by atoms with Crippen LogP contribution in [-0.4, -0.2) is 21.2 Å². The monoisotopic (exact) mass is 519 g/mol. The Hall–Kier alpha value is -1.81. The van der Waals surface area contributed by atoms with Gasteiger partial charge in [0.1, 0.15) is 0 Å². The Morgan fingerprint density at radius 1 is 0.919 bits per heavy atom. The minimum Gasteiger partial charge on any atom is -0.345 e. The number of fused-ring (bicyclic) bond motifs is 1. The van der Waals surface area contributed by atoms with Crippen molar-refractivity contribution in [3.05, 3.63) is 51.8 Å². The lowest BCUT2D eigenvalue weighted by atomic mass is 9.53. The van der Waals surface area contributed by atoms with Gasteiger partial charge in [-0.25, -0.2) is 0 Å². The predicted octanol–water partition coefficient (Wildman–Crippen LogP) is 7.79. The largest absolute Gasteiger partial charge is 0.345 e. The van der Waals surface area contributed by atoms with Crippen molar-refractivity contribution in [2.45, 2.75) is 120 Å². The number of benzene rings is 1. The zero-order chi connectivity index (χ0) is 25.0. The Kier molecular flexibility index (Phi) is 6.38. The Morgan fingerprint density at radius 2 is 1.57 bits per heavy atom. The SMILES string of the molecule is O=C(NC12CC3CC(CC(C3)C1)C2)c1nn(C2CCCCC2)c2c1CCCCC2Cc1ccc(Cl)cc1. The fraction of sp³-hybridized carbons (Fsp3) is 0.688. The van der Waals surface area contributed by atoms with Crippen LogP contribution in [0.25, 0.3) is 0 Å². The van der Waals surface area contributed by atoms with Crippen molar-refractivity contribution < 1.29 is 4.79 Å². The summed E-state index contributed by atoms with van der Waals surface area (Å²) in [4.78, 5) is 14.1. The van der Waals surface area contributed by atoms with Gasteiger partial charge in [0.15, 0.2) is 5.69 Å². The molecular weight excluding hydrogens is 478 g/mol. The van der Waals surface area contributed by atoms with Crippen LogP contribution in [0.3, 0.4) is 0 Å². The molecule has 1 amide bonds. The second-order valence-corrected chi connectivity index (χ2v) is 13.8. The summed E-state index contributed by atoms with van der Waals surface area (Å²) >= 11 is 6.20. The van der Waals surface area contributed by atoms with Gasteiger partial charge in [-0.15, -0.1) is 0 Å². The topological polar surface area (TPSA) is 46.9 Å². The number of halogens is 1. The van der Waals surface area contributed by atoms with E-state index in [0.717, 1.165) is 47.7 Å². The fourth-order valence-electron chi connectivity index (χ4n) is 9.44. The molecule has 5 fully saturated rings. The summed E-state index contributed by atoms with van der Waals surface area (Å²) in [7, 11) is 0. The molecule has 198 valence electrons. The highest BCUT2D eigenvalue weighted by Gasteiger charge is 2.52. The van der Waals surface area contributed by atoms with Crippen molar-refractivity contribution in [1.82, 2.24) is 15.1 Å². The number of amides is 1. The molecule has 1 atom stereocenters. The minimum atomic E-state index is 0.0285. The van der Waals surface area contributed by atoms with Crippen LogP contribution < -0.4 is 5.32 Å². The van der Waals surface area contributed by atoms with E-state index in [1.54, 1.807) is 0 Å². The molecule has 0 aliphatic heterocycles. The van der Waals surface area contributed by atoms with Gasteiger partial charge in [-0.1, -0.05) is 49.4 Å². The second-order valence-electron chi connectivity index (χ2n) is 13.4. The fourth-order valence-corrected chi connectivity index (χ4v) is 9.57. The van der Waals surface area contributed by atoms with E-state index in [0.29, 0.717) is 12.0 Å². The molecule has 2 aromatic rings. The van der Waals surface area contributed by atoms with Gasteiger partial charge < -0.3 is 5.32 Å². The van der Waals surface area contributed by atoms with E-state index in [9.17, 15) is 4.79 Å². The lowest BCUT2D eigenvalue weighted by Crippen LogP contribution is -2.60. The van der Waals surface area contributed by atoms with Gasteiger partial charge in [0.05, 0.1) is 6.04 Å². The molecule has 0 spiro atoms. The number of carbonyl (C=O) groups excluding carboxylic acids is 1. The summed E-state index contributed by atoms with van der Waals surface area (Å²) in [5, 5.41) is 9.71. The van der Waals surface area contributed by atoms with E-state index < -0.39 is 0 Å². The first-order chi connectivity index (χ1) is 18.1. The highest BCUT2D eigenvalue weighted by Crippen LogP contribution is 2.55. The van der Waals surface area contributed by atoms with E-state index in [1.165, 1.54) is 100 Å². The molecule has 1 aromatic carbocycles. The maximum atomic E-state index is 14.1. The summed E-state index contributed by atoms with van der Waals surface area (Å²) in [6.45, 7) is 0. The highest BCUT2D eigenvalue weighted by molar-refractivity contribution is 6.30. The summed E-state index contributed by atoms with van der Waals surface area (Å²) in [5.74, 6) is 3.01. The van der Waals surface area contributed by atoms with Gasteiger partial charge in [-0.05, 0) is 112 Å². The Bertz CT molecular complexity index is 1110. The zero-order valence-corrected chi connectivity index (χ0v) is 22.9. The van der Waals surface area contributed by atoms with Gasteiger partial charge in [0, 0.05) is 27.7 Å². The van der Waals surface area contributed by atoms with Crippen LogP contribution in [0.2, 0.25) is 5.02 Å². The van der Waals surface area contributed by atoms with Gasteiger partial charge in [0.2, 0.25) is 0 Å². The maximum absolute atomic E-state index is 14.1. The molecule has 5 saturated carbocycles. The Morgan fingerprint density at radius 3 is 2.24 bits per heavy atom. The Balaban J connectivity index is 1.23. The van der Waals surface area contributed by atoms with Gasteiger partial charge in [0.25, 0.3) is 5.91 Å².